The fraction of sp³-hybridized carbons (Fsp3) is 0.938. The third kappa shape index (κ3) is 8.27. The zero-order valence-electron chi connectivity index (χ0n) is 14.8. The van der Waals surface area contributed by atoms with Gasteiger partial charge in [-0.2, -0.15) is 0 Å². The topological polar surface area (TPSA) is 61.8 Å². The third-order valence-electron chi connectivity index (χ3n) is 3.57. The molecular formula is C16H34N2O3. The molecule has 0 saturated carbocycles. The van der Waals surface area contributed by atoms with E-state index in [2.05, 4.69) is 12.2 Å². The molecule has 0 spiro atoms. The minimum absolute atomic E-state index is 0.0945. The van der Waals surface area contributed by atoms with E-state index < -0.39 is 5.60 Å². The van der Waals surface area contributed by atoms with Crippen LogP contribution in [0.5, 0.6) is 0 Å². The Morgan fingerprint density at radius 2 is 1.86 bits per heavy atom. The lowest BCUT2D eigenvalue weighted by molar-refractivity contribution is 0.0191. The molecule has 126 valence electrons. The van der Waals surface area contributed by atoms with Crippen molar-refractivity contribution in [3.63, 3.8) is 0 Å². The Hall–Kier alpha value is -0.810. The lowest BCUT2D eigenvalue weighted by Crippen LogP contribution is -2.45. The van der Waals surface area contributed by atoms with Crippen LogP contribution in [0.2, 0.25) is 0 Å². The van der Waals surface area contributed by atoms with E-state index >= 15 is 0 Å². The number of carbonyl (C=O) groups excluding carboxylic acids is 1. The molecule has 0 aliphatic rings. The molecule has 0 aliphatic heterocycles. The maximum atomic E-state index is 12.1. The summed E-state index contributed by atoms with van der Waals surface area (Å²) in [5.74, 6) is 0. The van der Waals surface area contributed by atoms with E-state index in [0.717, 1.165) is 13.0 Å². The molecule has 0 aromatic rings. The molecule has 0 aromatic carbocycles. The van der Waals surface area contributed by atoms with Gasteiger partial charge < -0.3 is 20.1 Å². The van der Waals surface area contributed by atoms with Gasteiger partial charge >= 0.3 is 6.09 Å². The molecule has 1 atom stereocenters. The first-order chi connectivity index (χ1) is 9.54. The standard InChI is InChI=1S/C16H34N2O3/c1-8-16(7,12-19)11-17-9-10-18(13(2)3)14(20)21-15(4,5)6/h13,17,19H,8-12H2,1-7H3. The summed E-state index contributed by atoms with van der Waals surface area (Å²) in [5, 5.41) is 12.7. The predicted molar refractivity (Wildman–Crippen MR) is 86.4 cm³/mol. The summed E-state index contributed by atoms with van der Waals surface area (Å²) in [6, 6.07) is 0.0945. The monoisotopic (exact) mass is 302 g/mol. The van der Waals surface area contributed by atoms with Gasteiger partial charge in [0.1, 0.15) is 5.60 Å². The van der Waals surface area contributed by atoms with Crippen LogP contribution < -0.4 is 5.32 Å². The van der Waals surface area contributed by atoms with Crippen molar-refractivity contribution in [1.82, 2.24) is 10.2 Å². The molecule has 1 amide bonds. The highest BCUT2D eigenvalue weighted by molar-refractivity contribution is 5.68. The molecule has 5 heteroatoms. The molecule has 0 aliphatic carbocycles. The number of ether oxygens (including phenoxy) is 1. The quantitative estimate of drug-likeness (QED) is 0.677. The molecule has 2 N–H and O–H groups in total. The summed E-state index contributed by atoms with van der Waals surface area (Å²) in [7, 11) is 0. The Bertz CT molecular complexity index is 307. The van der Waals surface area contributed by atoms with E-state index in [1.165, 1.54) is 0 Å². The van der Waals surface area contributed by atoms with Crippen molar-refractivity contribution in [2.45, 2.75) is 66.5 Å². The van der Waals surface area contributed by atoms with E-state index in [0.29, 0.717) is 13.1 Å². The second-order valence-electron chi connectivity index (χ2n) is 7.27. The van der Waals surface area contributed by atoms with Crippen LogP contribution >= 0.6 is 0 Å². The first kappa shape index (κ1) is 20.2. The summed E-state index contributed by atoms with van der Waals surface area (Å²) in [6.45, 7) is 15.9. The van der Waals surface area contributed by atoms with Gasteiger partial charge in [-0.3, -0.25) is 0 Å². The Balaban J connectivity index is 4.32. The Morgan fingerprint density at radius 1 is 1.29 bits per heavy atom. The average Bonchev–Trinajstić information content (AvgIpc) is 2.35. The Labute approximate surface area is 130 Å². The van der Waals surface area contributed by atoms with Crippen molar-refractivity contribution in [3.8, 4) is 0 Å². The lowest BCUT2D eigenvalue weighted by atomic mass is 9.89. The molecule has 5 nitrogen and oxygen atoms in total. The third-order valence-corrected chi connectivity index (χ3v) is 3.57. The van der Waals surface area contributed by atoms with Crippen LogP contribution in [0.25, 0.3) is 0 Å². The molecule has 21 heavy (non-hydrogen) atoms. The largest absolute Gasteiger partial charge is 0.444 e. The minimum atomic E-state index is -0.477. The Morgan fingerprint density at radius 3 is 2.24 bits per heavy atom. The predicted octanol–water partition coefficient (Wildman–Crippen LogP) is 2.63. The van der Waals surface area contributed by atoms with Crippen molar-refractivity contribution in [2.75, 3.05) is 26.2 Å². The zero-order valence-corrected chi connectivity index (χ0v) is 14.8. The van der Waals surface area contributed by atoms with Crippen LogP contribution in [0.3, 0.4) is 0 Å². The van der Waals surface area contributed by atoms with Crippen molar-refractivity contribution >= 4 is 6.09 Å². The number of nitrogens with one attached hydrogen (secondary N) is 1. The fourth-order valence-electron chi connectivity index (χ4n) is 1.76. The maximum Gasteiger partial charge on any atom is 0.410 e. The van der Waals surface area contributed by atoms with Crippen LogP contribution in [0, 0.1) is 5.41 Å². The summed E-state index contributed by atoms with van der Waals surface area (Å²) >= 11 is 0. The molecule has 0 aromatic heterocycles. The van der Waals surface area contributed by atoms with Gasteiger partial charge in [0, 0.05) is 37.7 Å². The van der Waals surface area contributed by atoms with Crippen molar-refractivity contribution < 1.29 is 14.6 Å². The SMILES string of the molecule is CCC(C)(CO)CNCCN(C(=O)OC(C)(C)C)C(C)C. The molecule has 0 heterocycles. The second-order valence-corrected chi connectivity index (χ2v) is 7.27. The highest BCUT2D eigenvalue weighted by Crippen LogP contribution is 2.18. The van der Waals surface area contributed by atoms with Crippen LogP contribution in [-0.2, 0) is 4.74 Å². The van der Waals surface area contributed by atoms with E-state index in [4.69, 9.17) is 4.74 Å². The average molecular weight is 302 g/mol. The number of carbonyl (C=O) groups is 1. The number of hydrogen-bond donors (Lipinski definition) is 2. The summed E-state index contributed by atoms with van der Waals surface area (Å²) in [5.41, 5.74) is -0.579. The van der Waals surface area contributed by atoms with Gasteiger partial charge in [-0.05, 0) is 41.0 Å². The molecular weight excluding hydrogens is 268 g/mol. The zero-order chi connectivity index (χ0) is 16.7. The van der Waals surface area contributed by atoms with Gasteiger partial charge in [-0.1, -0.05) is 13.8 Å². The minimum Gasteiger partial charge on any atom is -0.444 e. The van der Waals surface area contributed by atoms with Crippen LogP contribution in [0.1, 0.15) is 54.9 Å². The summed E-state index contributed by atoms with van der Waals surface area (Å²) < 4.78 is 5.42. The Kier molecular flexibility index (Phi) is 8.26. The summed E-state index contributed by atoms with van der Waals surface area (Å²) in [4.78, 5) is 13.9. The van der Waals surface area contributed by atoms with Crippen LogP contribution in [-0.4, -0.2) is 54.0 Å². The van der Waals surface area contributed by atoms with Gasteiger partial charge in [0.15, 0.2) is 0 Å². The number of amides is 1. The summed E-state index contributed by atoms with van der Waals surface area (Å²) in [6.07, 6.45) is 0.635. The van der Waals surface area contributed by atoms with Gasteiger partial charge in [-0.25, -0.2) is 4.79 Å². The number of aliphatic hydroxyl groups is 1. The number of aliphatic hydroxyl groups excluding tert-OH is 1. The smallest absolute Gasteiger partial charge is 0.410 e. The van der Waals surface area contributed by atoms with E-state index in [9.17, 15) is 9.90 Å². The van der Waals surface area contributed by atoms with Crippen molar-refractivity contribution in [3.05, 3.63) is 0 Å². The number of nitrogens with zero attached hydrogens (tertiary/aromatic N) is 1. The highest BCUT2D eigenvalue weighted by atomic mass is 16.6. The number of hydrogen-bond acceptors (Lipinski definition) is 4. The van der Waals surface area contributed by atoms with Gasteiger partial charge in [0.2, 0.25) is 0 Å². The molecule has 0 radical (unpaired) electrons. The fourth-order valence-corrected chi connectivity index (χ4v) is 1.76. The van der Waals surface area contributed by atoms with E-state index in [-0.39, 0.29) is 24.2 Å². The van der Waals surface area contributed by atoms with Crippen molar-refractivity contribution in [1.29, 1.82) is 0 Å². The van der Waals surface area contributed by atoms with E-state index in [1.807, 2.05) is 41.5 Å². The highest BCUT2D eigenvalue weighted by Gasteiger charge is 2.24. The molecule has 0 saturated heterocycles. The van der Waals surface area contributed by atoms with Crippen LogP contribution in [0.15, 0.2) is 0 Å². The normalized spacial score (nSPS) is 14.9. The first-order valence-corrected chi connectivity index (χ1v) is 7.86. The maximum absolute atomic E-state index is 12.1. The molecule has 0 bridgehead atoms. The van der Waals surface area contributed by atoms with Gasteiger partial charge in [0.25, 0.3) is 0 Å². The van der Waals surface area contributed by atoms with Crippen LogP contribution in [0.4, 0.5) is 4.79 Å². The second kappa shape index (κ2) is 8.59. The van der Waals surface area contributed by atoms with Gasteiger partial charge in [-0.15, -0.1) is 0 Å². The molecule has 0 fully saturated rings. The molecule has 1 unspecified atom stereocenters. The van der Waals surface area contributed by atoms with Crippen molar-refractivity contribution in [2.24, 2.45) is 5.41 Å². The molecule has 0 rings (SSSR count). The van der Waals surface area contributed by atoms with Gasteiger partial charge in [0.05, 0.1) is 0 Å². The lowest BCUT2D eigenvalue weighted by Gasteiger charge is -2.31. The number of rotatable bonds is 8. The van der Waals surface area contributed by atoms with E-state index in [1.54, 1.807) is 4.90 Å². The first-order valence-electron chi connectivity index (χ1n) is 7.86.